The molecule has 78 valence electrons. The maximum atomic E-state index is 4.26. The van der Waals surface area contributed by atoms with Gasteiger partial charge in [0.1, 0.15) is 0 Å². The van der Waals surface area contributed by atoms with Crippen LogP contribution in [0.5, 0.6) is 0 Å². The number of pyridine rings is 1. The van der Waals surface area contributed by atoms with Crippen LogP contribution in [0.2, 0.25) is 0 Å². The van der Waals surface area contributed by atoms with Crippen molar-refractivity contribution in [2.45, 2.75) is 26.3 Å². The maximum Gasteiger partial charge on any atom is 0.185 e. The lowest BCUT2D eigenvalue weighted by Crippen LogP contribution is -2.29. The number of unbranched alkanes of at least 4 members (excludes halogenated alkanes) is 1. The van der Waals surface area contributed by atoms with Crippen LogP contribution < -0.4 is 4.57 Å². The molecule has 3 heteroatoms. The lowest BCUT2D eigenvalue weighted by atomic mass is 10.3. The molecule has 2 heterocycles. The van der Waals surface area contributed by atoms with E-state index in [1.54, 1.807) is 6.20 Å². The molecule has 0 atom stereocenters. The number of aromatic nitrogens is 3. The molecule has 0 N–H and O–H groups in total. The molecule has 0 saturated carbocycles. The van der Waals surface area contributed by atoms with Crippen LogP contribution >= 0.6 is 0 Å². The van der Waals surface area contributed by atoms with E-state index < -0.39 is 0 Å². The monoisotopic (exact) mass is 201 g/mol. The third-order valence-electron chi connectivity index (χ3n) is 2.28. The fourth-order valence-corrected chi connectivity index (χ4v) is 1.43. The lowest BCUT2D eigenvalue weighted by Gasteiger charge is -2.00. The van der Waals surface area contributed by atoms with Crippen LogP contribution in [-0.4, -0.2) is 9.55 Å². The molecule has 0 bridgehead atoms. The summed E-state index contributed by atoms with van der Waals surface area (Å²) in [5, 5.41) is 0. The van der Waals surface area contributed by atoms with Crippen molar-refractivity contribution in [1.82, 2.24) is 9.55 Å². The minimum Gasteiger partial charge on any atom is -0.354 e. The molecule has 0 aliphatic rings. The zero-order valence-electron chi connectivity index (χ0n) is 8.93. The molecule has 2 rings (SSSR count). The first-order valence-corrected chi connectivity index (χ1v) is 5.31. The Labute approximate surface area is 90.0 Å². The number of imidazole rings is 1. The highest BCUT2D eigenvalue weighted by Crippen LogP contribution is 1.95. The van der Waals surface area contributed by atoms with Crippen molar-refractivity contribution in [2.75, 3.05) is 0 Å². The molecule has 0 spiro atoms. The molecule has 0 radical (unpaired) electrons. The van der Waals surface area contributed by atoms with Crippen LogP contribution in [0.1, 0.15) is 19.8 Å². The fraction of sp³-hybridized carbons (Fsp3) is 0.333. The quantitative estimate of drug-likeness (QED) is 0.545. The van der Waals surface area contributed by atoms with Crippen LogP contribution in [0.15, 0.2) is 36.8 Å². The van der Waals surface area contributed by atoms with E-state index >= 15 is 0 Å². The molecule has 0 aliphatic heterocycles. The number of hydrogen-bond acceptors (Lipinski definition) is 1. The van der Waals surface area contributed by atoms with Crippen molar-refractivity contribution in [2.24, 2.45) is 0 Å². The second-order valence-corrected chi connectivity index (χ2v) is 3.50. The van der Waals surface area contributed by atoms with Crippen molar-refractivity contribution in [1.29, 1.82) is 0 Å². The van der Waals surface area contributed by atoms with Gasteiger partial charge in [-0.05, 0) is 30.9 Å². The average Bonchev–Trinajstić information content (AvgIpc) is 2.76. The molecule has 3 nitrogen and oxygen atoms in total. The molecular weight excluding hydrogens is 186 g/mol. The van der Waals surface area contributed by atoms with E-state index in [4.69, 9.17) is 0 Å². The van der Waals surface area contributed by atoms with Crippen LogP contribution in [0.25, 0.3) is 5.82 Å². The number of aryl methyl sites for hydroxylation is 1. The third-order valence-corrected chi connectivity index (χ3v) is 2.28. The van der Waals surface area contributed by atoms with Gasteiger partial charge in [-0.25, -0.2) is 0 Å². The molecule has 0 amide bonds. The van der Waals surface area contributed by atoms with E-state index in [0.29, 0.717) is 0 Å². The Morgan fingerprint density at radius 3 is 3.13 bits per heavy atom. The molecule has 2 aromatic rings. The Kier molecular flexibility index (Phi) is 3.12. The van der Waals surface area contributed by atoms with Gasteiger partial charge in [-0.2, -0.15) is 4.98 Å². The van der Waals surface area contributed by atoms with Crippen molar-refractivity contribution < 1.29 is 4.57 Å². The highest BCUT2D eigenvalue weighted by atomic mass is 15.1. The maximum absolute atomic E-state index is 4.26. The zero-order chi connectivity index (χ0) is 10.5. The largest absolute Gasteiger partial charge is 0.354 e. The Balaban J connectivity index is 2.14. The standard InChI is InChI=1S/C12H15N3/c1-2-3-8-14-9-10-15(11-14)12-6-4-5-7-13-12/h4-7,9-10H,2-3,8H2,1H3. The van der Waals surface area contributed by atoms with Crippen LogP contribution in [-0.2, 0) is 6.54 Å². The van der Waals surface area contributed by atoms with Crippen molar-refractivity contribution in [3.05, 3.63) is 43.1 Å². The first kappa shape index (κ1) is 9.90. The van der Waals surface area contributed by atoms with E-state index in [-0.39, 0.29) is 0 Å². The van der Waals surface area contributed by atoms with Gasteiger partial charge in [-0.15, -0.1) is 0 Å². The second kappa shape index (κ2) is 4.73. The summed E-state index contributed by atoms with van der Waals surface area (Å²) in [4.78, 5) is 4.26. The predicted octanol–water partition coefficient (Wildman–Crippen LogP) is 1.76. The average molecular weight is 201 g/mol. The van der Waals surface area contributed by atoms with Crippen LogP contribution in [0, 0.1) is 6.33 Å². The Bertz CT molecular complexity index is 406. The normalized spacial score (nSPS) is 10.5. The van der Waals surface area contributed by atoms with Crippen molar-refractivity contribution in [3.8, 4) is 5.82 Å². The minimum absolute atomic E-state index is 0.910. The smallest absolute Gasteiger partial charge is 0.185 e. The lowest BCUT2D eigenvalue weighted by molar-refractivity contribution is -0.603. The summed E-state index contributed by atoms with van der Waals surface area (Å²) in [5.41, 5.74) is 0. The number of nitrogens with zero attached hydrogens (tertiary/aromatic N) is 3. The van der Waals surface area contributed by atoms with Gasteiger partial charge in [-0.3, -0.25) is 0 Å². The van der Waals surface area contributed by atoms with Gasteiger partial charge in [0, 0.05) is 6.54 Å². The second-order valence-electron chi connectivity index (χ2n) is 3.50. The van der Waals surface area contributed by atoms with Crippen LogP contribution in [0.3, 0.4) is 0 Å². The minimum atomic E-state index is 0.910. The molecule has 0 aliphatic carbocycles. The summed E-state index contributed by atoms with van der Waals surface area (Å²) < 4.78 is 3.98. The van der Waals surface area contributed by atoms with Gasteiger partial charge < -0.3 is 9.13 Å². The summed E-state index contributed by atoms with van der Waals surface area (Å²) >= 11 is 0. The number of rotatable bonds is 4. The number of hydrogen-bond donors (Lipinski definition) is 0. The SMILES string of the molecule is CCCCn1[c-][n+](-c2ccccn2)cc1. The molecule has 2 aromatic heterocycles. The molecule has 0 aromatic carbocycles. The highest BCUT2D eigenvalue weighted by Gasteiger charge is 1.97. The van der Waals surface area contributed by atoms with E-state index in [0.717, 1.165) is 12.4 Å². The Morgan fingerprint density at radius 1 is 1.47 bits per heavy atom. The summed E-state index contributed by atoms with van der Waals surface area (Å²) in [6, 6.07) is 5.87. The summed E-state index contributed by atoms with van der Waals surface area (Å²) in [5.74, 6) is 0.910. The van der Waals surface area contributed by atoms with Gasteiger partial charge in [0.15, 0.2) is 12.1 Å². The molecule has 0 unspecified atom stereocenters. The fourth-order valence-electron chi connectivity index (χ4n) is 1.43. The van der Waals surface area contributed by atoms with Gasteiger partial charge in [0.2, 0.25) is 0 Å². The molecule has 0 saturated heterocycles. The van der Waals surface area contributed by atoms with E-state index in [9.17, 15) is 0 Å². The first-order valence-electron chi connectivity index (χ1n) is 5.31. The Morgan fingerprint density at radius 2 is 2.40 bits per heavy atom. The predicted molar refractivity (Wildman–Crippen MR) is 57.5 cm³/mol. The molecule has 0 fully saturated rings. The van der Waals surface area contributed by atoms with E-state index in [2.05, 4.69) is 22.8 Å². The first-order chi connectivity index (χ1) is 7.40. The highest BCUT2D eigenvalue weighted by molar-refractivity contribution is 5.09. The van der Waals surface area contributed by atoms with Gasteiger partial charge in [0.05, 0.1) is 6.20 Å². The topological polar surface area (TPSA) is 21.7 Å². The summed E-state index contributed by atoms with van der Waals surface area (Å²) in [6.07, 6.45) is 11.4. The van der Waals surface area contributed by atoms with Gasteiger partial charge >= 0.3 is 0 Å². The van der Waals surface area contributed by atoms with E-state index in [1.165, 1.54) is 12.8 Å². The van der Waals surface area contributed by atoms with Gasteiger partial charge in [-0.1, -0.05) is 19.4 Å². The third kappa shape index (κ3) is 2.43. The van der Waals surface area contributed by atoms with Gasteiger partial charge in [0.25, 0.3) is 0 Å². The van der Waals surface area contributed by atoms with Crippen LogP contribution in [0.4, 0.5) is 0 Å². The Hall–Kier alpha value is -1.64. The van der Waals surface area contributed by atoms with Crippen molar-refractivity contribution in [3.63, 3.8) is 0 Å². The molecular formula is C12H15N3. The van der Waals surface area contributed by atoms with E-state index in [1.807, 2.05) is 35.2 Å². The van der Waals surface area contributed by atoms with Crippen molar-refractivity contribution >= 4 is 0 Å². The molecule has 15 heavy (non-hydrogen) atoms. The zero-order valence-corrected chi connectivity index (χ0v) is 8.93. The summed E-state index contributed by atoms with van der Waals surface area (Å²) in [6.45, 7) is 3.21. The summed E-state index contributed by atoms with van der Waals surface area (Å²) in [7, 11) is 0.